The van der Waals surface area contributed by atoms with Crippen molar-refractivity contribution in [3.8, 4) is 11.5 Å². The highest BCUT2D eigenvalue weighted by molar-refractivity contribution is 7.98. The van der Waals surface area contributed by atoms with Gasteiger partial charge in [0.2, 0.25) is 0 Å². The van der Waals surface area contributed by atoms with Crippen LogP contribution < -0.4 is 14.8 Å². The first-order valence-electron chi connectivity index (χ1n) is 7.96. The third kappa shape index (κ3) is 5.80. The molecule has 0 saturated heterocycles. The molecule has 2 aromatic rings. The molecular formula is C19H20ClNO5S. The summed E-state index contributed by atoms with van der Waals surface area (Å²) in [4.78, 5) is 25.0. The highest BCUT2D eigenvalue weighted by Gasteiger charge is 2.15. The van der Waals surface area contributed by atoms with Crippen molar-refractivity contribution in [2.45, 2.75) is 11.4 Å². The maximum atomic E-state index is 12.1. The van der Waals surface area contributed by atoms with Gasteiger partial charge in [-0.3, -0.25) is 4.79 Å². The van der Waals surface area contributed by atoms with E-state index in [-0.39, 0.29) is 17.1 Å². The summed E-state index contributed by atoms with van der Waals surface area (Å²) in [5.41, 5.74) is 1.05. The largest absolute Gasteiger partial charge is 0.493 e. The Bertz CT molecular complexity index is 828. The average Bonchev–Trinajstić information content (AvgIpc) is 2.70. The van der Waals surface area contributed by atoms with Gasteiger partial charge in [-0.15, -0.1) is 11.8 Å². The van der Waals surface area contributed by atoms with Crippen molar-refractivity contribution < 1.29 is 23.8 Å². The molecule has 0 unspecified atom stereocenters. The fraction of sp³-hybridized carbons (Fsp3) is 0.263. The van der Waals surface area contributed by atoms with Gasteiger partial charge in [-0.1, -0.05) is 17.7 Å². The van der Waals surface area contributed by atoms with Crippen molar-refractivity contribution in [3.05, 3.63) is 52.5 Å². The van der Waals surface area contributed by atoms with Crippen molar-refractivity contribution in [3.63, 3.8) is 0 Å². The van der Waals surface area contributed by atoms with Gasteiger partial charge in [-0.05, 0) is 42.2 Å². The molecule has 0 saturated carbocycles. The van der Waals surface area contributed by atoms with Gasteiger partial charge in [0.1, 0.15) is 0 Å². The molecule has 0 aromatic heterocycles. The zero-order chi connectivity index (χ0) is 19.8. The Morgan fingerprint density at radius 3 is 2.48 bits per heavy atom. The van der Waals surface area contributed by atoms with Crippen molar-refractivity contribution in [1.29, 1.82) is 0 Å². The monoisotopic (exact) mass is 409 g/mol. The van der Waals surface area contributed by atoms with Crippen LogP contribution in [0.4, 0.5) is 0 Å². The Morgan fingerprint density at radius 2 is 1.81 bits per heavy atom. The molecule has 2 aromatic carbocycles. The van der Waals surface area contributed by atoms with Gasteiger partial charge < -0.3 is 19.5 Å². The molecule has 27 heavy (non-hydrogen) atoms. The molecule has 0 aliphatic heterocycles. The number of methoxy groups -OCH3 is 2. The number of halogens is 1. The summed E-state index contributed by atoms with van der Waals surface area (Å²) < 4.78 is 15.4. The number of nitrogens with one attached hydrogen (secondary N) is 1. The van der Waals surface area contributed by atoms with Gasteiger partial charge in [0.15, 0.2) is 18.1 Å². The van der Waals surface area contributed by atoms with Crippen molar-refractivity contribution in [1.82, 2.24) is 5.32 Å². The smallest absolute Gasteiger partial charge is 0.340 e. The van der Waals surface area contributed by atoms with E-state index in [1.54, 1.807) is 43.5 Å². The van der Waals surface area contributed by atoms with Crippen molar-refractivity contribution in [2.75, 3.05) is 27.1 Å². The van der Waals surface area contributed by atoms with Gasteiger partial charge in [0, 0.05) is 11.4 Å². The molecule has 0 spiro atoms. The molecule has 0 radical (unpaired) electrons. The number of amides is 1. The van der Waals surface area contributed by atoms with E-state index in [9.17, 15) is 9.59 Å². The fourth-order valence-corrected chi connectivity index (χ4v) is 2.87. The quantitative estimate of drug-likeness (QED) is 0.531. The minimum absolute atomic E-state index is 0.233. The lowest BCUT2D eigenvalue weighted by Crippen LogP contribution is -2.28. The Labute approximate surface area is 167 Å². The number of benzene rings is 2. The van der Waals surface area contributed by atoms with Crippen LogP contribution in [0.15, 0.2) is 41.3 Å². The Balaban J connectivity index is 1.88. The van der Waals surface area contributed by atoms with E-state index >= 15 is 0 Å². The van der Waals surface area contributed by atoms with E-state index in [0.717, 1.165) is 10.5 Å². The molecule has 2 rings (SSSR count). The van der Waals surface area contributed by atoms with E-state index in [1.165, 1.54) is 18.9 Å². The lowest BCUT2D eigenvalue weighted by Gasteiger charge is -2.11. The number of hydrogen-bond donors (Lipinski definition) is 1. The minimum Gasteiger partial charge on any atom is -0.493 e. The Hall–Kier alpha value is -2.38. The zero-order valence-corrected chi connectivity index (χ0v) is 16.8. The first-order valence-corrected chi connectivity index (χ1v) is 9.57. The predicted molar refractivity (Wildman–Crippen MR) is 105 cm³/mol. The predicted octanol–water partition coefficient (Wildman–Crippen LogP) is 3.55. The number of esters is 1. The second kappa shape index (κ2) is 10.1. The molecule has 0 heterocycles. The molecule has 1 amide bonds. The third-order valence-electron chi connectivity index (χ3n) is 3.67. The highest BCUT2D eigenvalue weighted by Crippen LogP contribution is 2.27. The SMILES string of the molecule is COc1ccc(CNC(=O)COC(=O)c2cc(SC)ccc2Cl)cc1OC. The van der Waals surface area contributed by atoms with Gasteiger partial charge in [-0.2, -0.15) is 0 Å². The summed E-state index contributed by atoms with van der Waals surface area (Å²) in [5.74, 6) is 0.109. The number of rotatable bonds is 8. The average molecular weight is 410 g/mol. The maximum Gasteiger partial charge on any atom is 0.340 e. The molecule has 0 atom stereocenters. The van der Waals surface area contributed by atoms with Crippen LogP contribution in [0.2, 0.25) is 5.02 Å². The molecule has 0 aliphatic rings. The summed E-state index contributed by atoms with van der Waals surface area (Å²) in [6, 6.07) is 10.4. The van der Waals surface area contributed by atoms with Gasteiger partial charge in [0.05, 0.1) is 24.8 Å². The number of thioether (sulfide) groups is 1. The second-order valence-electron chi connectivity index (χ2n) is 5.39. The van der Waals surface area contributed by atoms with E-state index in [2.05, 4.69) is 5.32 Å². The molecule has 1 N–H and O–H groups in total. The summed E-state index contributed by atoms with van der Waals surface area (Å²) in [5, 5.41) is 2.96. The lowest BCUT2D eigenvalue weighted by molar-refractivity contribution is -0.124. The van der Waals surface area contributed by atoms with Crippen LogP contribution in [0.25, 0.3) is 0 Å². The molecule has 8 heteroatoms. The normalized spacial score (nSPS) is 10.2. The number of carbonyl (C=O) groups is 2. The van der Waals surface area contributed by atoms with Crippen LogP contribution >= 0.6 is 23.4 Å². The van der Waals surface area contributed by atoms with Crippen LogP contribution in [0.5, 0.6) is 11.5 Å². The number of hydrogen-bond acceptors (Lipinski definition) is 6. The van der Waals surface area contributed by atoms with Crippen LogP contribution in [-0.2, 0) is 16.1 Å². The first-order chi connectivity index (χ1) is 13.0. The van der Waals surface area contributed by atoms with E-state index in [1.807, 2.05) is 6.26 Å². The Morgan fingerprint density at radius 1 is 1.07 bits per heavy atom. The molecule has 0 fully saturated rings. The first kappa shape index (κ1) is 20.9. The summed E-state index contributed by atoms with van der Waals surface area (Å²) >= 11 is 7.50. The molecule has 0 aliphatic carbocycles. The van der Waals surface area contributed by atoms with E-state index in [0.29, 0.717) is 11.5 Å². The lowest BCUT2D eigenvalue weighted by atomic mass is 10.2. The van der Waals surface area contributed by atoms with Crippen molar-refractivity contribution in [2.24, 2.45) is 0 Å². The third-order valence-corrected chi connectivity index (χ3v) is 4.72. The summed E-state index contributed by atoms with van der Waals surface area (Å²) in [6.45, 7) is -0.134. The Kier molecular flexibility index (Phi) is 7.82. The minimum atomic E-state index is -0.642. The number of carbonyl (C=O) groups excluding carboxylic acids is 2. The van der Waals surface area contributed by atoms with Crippen LogP contribution in [0.3, 0.4) is 0 Å². The molecular weight excluding hydrogens is 390 g/mol. The van der Waals surface area contributed by atoms with Gasteiger partial charge >= 0.3 is 5.97 Å². The summed E-state index contributed by atoms with van der Waals surface area (Å²) in [7, 11) is 3.09. The van der Waals surface area contributed by atoms with Gasteiger partial charge in [0.25, 0.3) is 5.91 Å². The topological polar surface area (TPSA) is 73.9 Å². The summed E-state index contributed by atoms with van der Waals surface area (Å²) in [6.07, 6.45) is 1.89. The van der Waals surface area contributed by atoms with Gasteiger partial charge in [-0.25, -0.2) is 4.79 Å². The van der Waals surface area contributed by atoms with Crippen LogP contribution in [-0.4, -0.2) is 39.0 Å². The zero-order valence-electron chi connectivity index (χ0n) is 15.2. The van der Waals surface area contributed by atoms with E-state index in [4.69, 9.17) is 25.8 Å². The van der Waals surface area contributed by atoms with Crippen LogP contribution in [0.1, 0.15) is 15.9 Å². The molecule has 0 bridgehead atoms. The standard InChI is InChI=1S/C19H20ClNO5S/c1-24-16-7-4-12(8-17(16)25-2)10-21-18(22)11-26-19(23)14-9-13(27-3)5-6-15(14)20/h4-9H,10-11H2,1-3H3,(H,21,22). The molecule has 144 valence electrons. The van der Waals surface area contributed by atoms with E-state index < -0.39 is 18.5 Å². The fourth-order valence-electron chi connectivity index (χ4n) is 2.24. The molecule has 6 nitrogen and oxygen atoms in total. The maximum absolute atomic E-state index is 12.1. The second-order valence-corrected chi connectivity index (χ2v) is 6.67. The van der Waals surface area contributed by atoms with Crippen molar-refractivity contribution >= 4 is 35.2 Å². The van der Waals surface area contributed by atoms with Crippen LogP contribution in [0, 0.1) is 0 Å². The number of ether oxygens (including phenoxy) is 3. The highest BCUT2D eigenvalue weighted by atomic mass is 35.5.